The van der Waals surface area contributed by atoms with Gasteiger partial charge in [0, 0.05) is 29.3 Å². The van der Waals surface area contributed by atoms with E-state index in [2.05, 4.69) is 37.9 Å². The van der Waals surface area contributed by atoms with Crippen molar-refractivity contribution in [3.05, 3.63) is 37.5 Å². The van der Waals surface area contributed by atoms with E-state index in [0.29, 0.717) is 22.5 Å². The van der Waals surface area contributed by atoms with Gasteiger partial charge in [-0.15, -0.1) is 0 Å². The van der Waals surface area contributed by atoms with Crippen LogP contribution in [0.5, 0.6) is 0 Å². The predicted molar refractivity (Wildman–Crippen MR) is 95.1 cm³/mol. The molecule has 0 atom stereocenters. The van der Waals surface area contributed by atoms with Crippen LogP contribution in [0, 0.1) is 3.57 Å². The molecule has 0 aliphatic rings. The van der Waals surface area contributed by atoms with E-state index in [4.69, 9.17) is 27.9 Å². The van der Waals surface area contributed by atoms with Gasteiger partial charge in [-0.3, -0.25) is 0 Å². The molecule has 0 saturated carbocycles. The monoisotopic (exact) mass is 437 g/mol. The molecule has 21 heavy (non-hydrogen) atoms. The van der Waals surface area contributed by atoms with Gasteiger partial charge in [-0.1, -0.05) is 23.2 Å². The van der Waals surface area contributed by atoms with E-state index in [9.17, 15) is 0 Å². The standard InChI is InChI=1S/C14H14Cl2IN3O/c1-3-18-14-12(17)11(7-21-2)19-13(20-14)8-4-9(15)6-10(16)5-8/h4-6H,3,7H2,1-2H3,(H,18,19,20). The van der Waals surface area contributed by atoms with Crippen LogP contribution in [0.15, 0.2) is 18.2 Å². The van der Waals surface area contributed by atoms with Gasteiger partial charge in [0.2, 0.25) is 0 Å². The molecule has 2 rings (SSSR count). The Morgan fingerprint density at radius 3 is 2.43 bits per heavy atom. The Kier molecular flexibility index (Phi) is 6.04. The van der Waals surface area contributed by atoms with Crippen LogP contribution < -0.4 is 5.32 Å². The van der Waals surface area contributed by atoms with E-state index >= 15 is 0 Å². The second kappa shape index (κ2) is 7.58. The second-order valence-electron chi connectivity index (χ2n) is 4.28. The zero-order valence-corrected chi connectivity index (χ0v) is 15.3. The average molecular weight is 438 g/mol. The summed E-state index contributed by atoms with van der Waals surface area (Å²) in [5.74, 6) is 1.36. The molecule has 0 radical (unpaired) electrons. The van der Waals surface area contributed by atoms with Crippen LogP contribution in [0.4, 0.5) is 5.82 Å². The maximum Gasteiger partial charge on any atom is 0.162 e. The Labute approximate surface area is 147 Å². The third-order valence-electron chi connectivity index (χ3n) is 2.67. The number of rotatable bonds is 5. The van der Waals surface area contributed by atoms with E-state index < -0.39 is 0 Å². The average Bonchev–Trinajstić information content (AvgIpc) is 2.42. The molecule has 0 unspecified atom stereocenters. The maximum atomic E-state index is 6.05. The highest BCUT2D eigenvalue weighted by atomic mass is 127. The minimum Gasteiger partial charge on any atom is -0.378 e. The molecule has 0 aliphatic heterocycles. The molecule has 4 nitrogen and oxygen atoms in total. The summed E-state index contributed by atoms with van der Waals surface area (Å²) < 4.78 is 6.16. The van der Waals surface area contributed by atoms with Crippen LogP contribution in [0.25, 0.3) is 11.4 Å². The van der Waals surface area contributed by atoms with Crippen LogP contribution in [-0.4, -0.2) is 23.6 Å². The van der Waals surface area contributed by atoms with Gasteiger partial charge < -0.3 is 10.1 Å². The largest absolute Gasteiger partial charge is 0.378 e. The first-order valence-corrected chi connectivity index (χ1v) is 8.14. The zero-order valence-electron chi connectivity index (χ0n) is 11.6. The molecular formula is C14H14Cl2IN3O. The molecule has 1 heterocycles. The Bertz CT molecular complexity index is 605. The third kappa shape index (κ3) is 4.18. The smallest absolute Gasteiger partial charge is 0.162 e. The first-order valence-electron chi connectivity index (χ1n) is 6.30. The molecule has 1 aromatic heterocycles. The molecular weight excluding hydrogens is 424 g/mol. The Balaban J connectivity index is 2.56. The summed E-state index contributed by atoms with van der Waals surface area (Å²) in [4.78, 5) is 9.11. The lowest BCUT2D eigenvalue weighted by Gasteiger charge is -2.12. The normalized spacial score (nSPS) is 10.7. The lowest BCUT2D eigenvalue weighted by molar-refractivity contribution is 0.181. The highest BCUT2D eigenvalue weighted by Gasteiger charge is 2.14. The highest BCUT2D eigenvalue weighted by molar-refractivity contribution is 14.1. The molecule has 2 aromatic rings. The van der Waals surface area contributed by atoms with E-state index in [1.807, 2.05) is 6.92 Å². The van der Waals surface area contributed by atoms with Gasteiger partial charge in [0.1, 0.15) is 5.82 Å². The van der Waals surface area contributed by atoms with Crippen molar-refractivity contribution in [2.45, 2.75) is 13.5 Å². The number of hydrogen-bond donors (Lipinski definition) is 1. The topological polar surface area (TPSA) is 47.0 Å². The minimum atomic E-state index is 0.417. The fraction of sp³-hybridized carbons (Fsp3) is 0.286. The summed E-state index contributed by atoms with van der Waals surface area (Å²) in [7, 11) is 1.64. The number of nitrogens with zero attached hydrogens (tertiary/aromatic N) is 2. The van der Waals surface area contributed by atoms with Gasteiger partial charge in [-0.05, 0) is 47.7 Å². The van der Waals surface area contributed by atoms with Crippen LogP contribution in [0.3, 0.4) is 0 Å². The van der Waals surface area contributed by atoms with Gasteiger partial charge in [0.15, 0.2) is 5.82 Å². The van der Waals surface area contributed by atoms with Gasteiger partial charge in [-0.2, -0.15) is 0 Å². The second-order valence-corrected chi connectivity index (χ2v) is 6.23. The fourth-order valence-electron chi connectivity index (χ4n) is 1.82. The third-order valence-corrected chi connectivity index (χ3v) is 4.24. The predicted octanol–water partition coefficient (Wildman–Crippen LogP) is 4.63. The van der Waals surface area contributed by atoms with Crippen molar-refractivity contribution in [2.24, 2.45) is 0 Å². The number of anilines is 1. The molecule has 0 amide bonds. The summed E-state index contributed by atoms with van der Waals surface area (Å²) in [6.45, 7) is 3.21. The summed E-state index contributed by atoms with van der Waals surface area (Å²) >= 11 is 14.3. The van der Waals surface area contributed by atoms with Crippen molar-refractivity contribution in [1.82, 2.24) is 9.97 Å². The summed E-state index contributed by atoms with van der Waals surface area (Å²) in [6.07, 6.45) is 0. The Hall–Kier alpha value is -0.630. The molecule has 0 aliphatic carbocycles. The maximum absolute atomic E-state index is 6.05. The SMILES string of the molecule is CCNc1nc(-c2cc(Cl)cc(Cl)c2)nc(COC)c1I. The molecule has 1 N–H and O–H groups in total. The van der Waals surface area contributed by atoms with Crippen LogP contribution in [0.1, 0.15) is 12.6 Å². The molecule has 7 heteroatoms. The zero-order chi connectivity index (χ0) is 15.4. The molecule has 112 valence electrons. The van der Waals surface area contributed by atoms with Gasteiger partial charge in [-0.25, -0.2) is 9.97 Å². The number of halogens is 3. The molecule has 0 fully saturated rings. The van der Waals surface area contributed by atoms with E-state index in [-0.39, 0.29) is 0 Å². The van der Waals surface area contributed by atoms with Crippen molar-refractivity contribution < 1.29 is 4.74 Å². The molecule has 0 bridgehead atoms. The first-order chi connectivity index (χ1) is 10.0. The first kappa shape index (κ1) is 16.7. The number of aromatic nitrogens is 2. The van der Waals surface area contributed by atoms with Crippen molar-refractivity contribution in [3.63, 3.8) is 0 Å². The van der Waals surface area contributed by atoms with Gasteiger partial charge in [0.25, 0.3) is 0 Å². The van der Waals surface area contributed by atoms with Crippen molar-refractivity contribution >= 4 is 51.6 Å². The van der Waals surface area contributed by atoms with E-state index in [1.165, 1.54) is 0 Å². The van der Waals surface area contributed by atoms with Crippen molar-refractivity contribution in [3.8, 4) is 11.4 Å². The van der Waals surface area contributed by atoms with Crippen LogP contribution >= 0.6 is 45.8 Å². The number of nitrogens with one attached hydrogen (secondary N) is 1. The fourth-order valence-corrected chi connectivity index (χ4v) is 2.94. The number of methoxy groups -OCH3 is 1. The number of benzene rings is 1. The van der Waals surface area contributed by atoms with Gasteiger partial charge >= 0.3 is 0 Å². The van der Waals surface area contributed by atoms with Crippen molar-refractivity contribution in [1.29, 1.82) is 0 Å². The summed E-state index contributed by atoms with van der Waals surface area (Å²) in [5, 5.41) is 4.34. The van der Waals surface area contributed by atoms with Gasteiger partial charge in [0.05, 0.1) is 15.9 Å². The minimum absolute atomic E-state index is 0.417. The highest BCUT2D eigenvalue weighted by Crippen LogP contribution is 2.28. The quantitative estimate of drug-likeness (QED) is 0.692. The number of ether oxygens (including phenoxy) is 1. The Morgan fingerprint density at radius 2 is 1.86 bits per heavy atom. The van der Waals surface area contributed by atoms with Crippen LogP contribution in [0.2, 0.25) is 10.0 Å². The Morgan fingerprint density at radius 1 is 1.19 bits per heavy atom. The van der Waals surface area contributed by atoms with Crippen LogP contribution in [-0.2, 0) is 11.3 Å². The number of hydrogen-bond acceptors (Lipinski definition) is 4. The van der Waals surface area contributed by atoms with Crippen molar-refractivity contribution in [2.75, 3.05) is 19.0 Å². The summed E-state index contributed by atoms with van der Waals surface area (Å²) in [6, 6.07) is 5.27. The molecule has 0 spiro atoms. The van der Waals surface area contributed by atoms with E-state index in [0.717, 1.165) is 27.2 Å². The lowest BCUT2D eigenvalue weighted by atomic mass is 10.2. The summed E-state index contributed by atoms with van der Waals surface area (Å²) in [5.41, 5.74) is 1.61. The molecule has 0 saturated heterocycles. The van der Waals surface area contributed by atoms with E-state index in [1.54, 1.807) is 25.3 Å². The molecule has 1 aromatic carbocycles. The lowest BCUT2D eigenvalue weighted by Crippen LogP contribution is -2.08.